The number of hydrogen-bond acceptors (Lipinski definition) is 2. The third kappa shape index (κ3) is 6.16. The highest BCUT2D eigenvalue weighted by atomic mass is 16.2. The van der Waals surface area contributed by atoms with E-state index in [4.69, 9.17) is 0 Å². The molecule has 0 aliphatic rings. The Labute approximate surface area is 184 Å². The Morgan fingerprint density at radius 3 is 2.03 bits per heavy atom. The lowest BCUT2D eigenvalue weighted by molar-refractivity contribution is -0.131. The van der Waals surface area contributed by atoms with Gasteiger partial charge in [-0.05, 0) is 42.2 Å². The molecule has 0 radical (unpaired) electrons. The van der Waals surface area contributed by atoms with Crippen LogP contribution in [0.25, 0.3) is 5.57 Å². The molecule has 0 aliphatic carbocycles. The summed E-state index contributed by atoms with van der Waals surface area (Å²) in [6.07, 6.45) is 2.47. The smallest absolute Gasteiger partial charge is 0.243 e. The molecule has 0 saturated carbocycles. The highest BCUT2D eigenvalue weighted by Crippen LogP contribution is 2.20. The third-order valence-corrected chi connectivity index (χ3v) is 5.22. The van der Waals surface area contributed by atoms with Gasteiger partial charge in [-0.1, -0.05) is 84.9 Å². The molecule has 1 N–H and O–H groups in total. The second-order valence-corrected chi connectivity index (χ2v) is 7.45. The van der Waals surface area contributed by atoms with E-state index < -0.39 is 5.92 Å². The molecule has 158 valence electrons. The van der Waals surface area contributed by atoms with Crippen molar-refractivity contribution in [3.63, 3.8) is 0 Å². The molecule has 3 rings (SSSR count). The van der Waals surface area contributed by atoms with Crippen LogP contribution in [0.15, 0.2) is 97.1 Å². The van der Waals surface area contributed by atoms with Crippen molar-refractivity contribution in [2.24, 2.45) is 5.92 Å². The molecule has 0 saturated heterocycles. The highest BCUT2D eigenvalue weighted by molar-refractivity contribution is 6.09. The number of carbonyl (C=O) groups is 2. The molecule has 4 nitrogen and oxygen atoms in total. The van der Waals surface area contributed by atoms with Gasteiger partial charge in [0.05, 0.1) is 0 Å². The Morgan fingerprint density at radius 1 is 0.871 bits per heavy atom. The topological polar surface area (TPSA) is 49.4 Å². The van der Waals surface area contributed by atoms with E-state index in [2.05, 4.69) is 5.32 Å². The van der Waals surface area contributed by atoms with Gasteiger partial charge in [0, 0.05) is 19.3 Å². The van der Waals surface area contributed by atoms with Crippen LogP contribution in [0, 0.1) is 5.92 Å². The number of carbonyl (C=O) groups excluding carboxylic acids is 2. The lowest BCUT2D eigenvalue weighted by Gasteiger charge is -2.22. The molecule has 0 spiro atoms. The number of amides is 2. The van der Waals surface area contributed by atoms with E-state index in [0.29, 0.717) is 13.0 Å². The predicted molar refractivity (Wildman–Crippen MR) is 127 cm³/mol. The maximum absolute atomic E-state index is 13.3. The van der Waals surface area contributed by atoms with E-state index in [1.165, 1.54) is 4.90 Å². The Bertz CT molecular complexity index is 1010. The van der Waals surface area contributed by atoms with Crippen molar-refractivity contribution in [3.8, 4) is 0 Å². The van der Waals surface area contributed by atoms with Crippen LogP contribution in [0.5, 0.6) is 0 Å². The molecule has 0 aliphatic heterocycles. The number of nitrogens with one attached hydrogen (secondary N) is 1. The summed E-state index contributed by atoms with van der Waals surface area (Å²) in [5.41, 5.74) is 3.77. The normalized spacial score (nSPS) is 12.1. The predicted octanol–water partition coefficient (Wildman–Crippen LogP) is 4.73. The first-order valence-corrected chi connectivity index (χ1v) is 10.4. The summed E-state index contributed by atoms with van der Waals surface area (Å²) in [6.45, 7) is 2.40. The fraction of sp³-hybridized carbons (Fsp3) is 0.185. The maximum Gasteiger partial charge on any atom is 0.243 e. The average Bonchev–Trinajstić information content (AvgIpc) is 2.83. The van der Waals surface area contributed by atoms with Crippen LogP contribution in [-0.2, 0) is 16.0 Å². The van der Waals surface area contributed by atoms with E-state index in [0.717, 1.165) is 22.4 Å². The van der Waals surface area contributed by atoms with Crippen LogP contribution in [0.1, 0.15) is 18.1 Å². The first kappa shape index (κ1) is 22.0. The van der Waals surface area contributed by atoms with Gasteiger partial charge in [-0.15, -0.1) is 0 Å². The molecule has 4 heteroatoms. The Kier molecular flexibility index (Phi) is 7.77. The number of rotatable bonds is 8. The quantitative estimate of drug-likeness (QED) is 0.544. The van der Waals surface area contributed by atoms with Gasteiger partial charge >= 0.3 is 0 Å². The first-order valence-electron chi connectivity index (χ1n) is 10.4. The van der Waals surface area contributed by atoms with Crippen LogP contribution in [0.3, 0.4) is 0 Å². The fourth-order valence-corrected chi connectivity index (χ4v) is 3.38. The molecule has 0 heterocycles. The van der Waals surface area contributed by atoms with Crippen molar-refractivity contribution in [2.75, 3.05) is 18.5 Å². The molecule has 3 aromatic carbocycles. The molecule has 0 bridgehead atoms. The number of hydrogen-bond donors (Lipinski definition) is 1. The monoisotopic (exact) mass is 412 g/mol. The minimum absolute atomic E-state index is 0.265. The van der Waals surface area contributed by atoms with Crippen LogP contribution in [0.2, 0.25) is 0 Å². The van der Waals surface area contributed by atoms with E-state index >= 15 is 0 Å². The summed E-state index contributed by atoms with van der Waals surface area (Å²) in [5, 5.41) is 2.94. The standard InChI is InChI=1S/C27H28N2O2/c1-21(23-14-8-4-9-15-23)20-25(27(31)29(2)24-16-10-5-11-17-24)26(30)28-19-18-22-12-6-3-7-13-22/h3-17,20,25H,18-19H2,1-2H3,(H,28,30)/b21-20+. The van der Waals surface area contributed by atoms with Gasteiger partial charge in [0.15, 0.2) is 0 Å². The summed E-state index contributed by atoms with van der Waals surface area (Å²) >= 11 is 0. The van der Waals surface area contributed by atoms with Crippen LogP contribution >= 0.6 is 0 Å². The van der Waals surface area contributed by atoms with E-state index in [-0.39, 0.29) is 11.8 Å². The molecule has 3 aromatic rings. The van der Waals surface area contributed by atoms with Crippen molar-refractivity contribution < 1.29 is 9.59 Å². The molecular formula is C27H28N2O2. The summed E-state index contributed by atoms with van der Waals surface area (Å²) < 4.78 is 0. The summed E-state index contributed by atoms with van der Waals surface area (Å²) in [6, 6.07) is 29.1. The maximum atomic E-state index is 13.3. The second kappa shape index (κ2) is 10.9. The summed E-state index contributed by atoms with van der Waals surface area (Å²) in [4.78, 5) is 27.9. The minimum Gasteiger partial charge on any atom is -0.355 e. The Morgan fingerprint density at radius 2 is 1.42 bits per heavy atom. The average molecular weight is 413 g/mol. The van der Waals surface area contributed by atoms with Gasteiger partial charge < -0.3 is 10.2 Å². The van der Waals surface area contributed by atoms with Crippen molar-refractivity contribution in [3.05, 3.63) is 108 Å². The molecule has 1 unspecified atom stereocenters. The van der Waals surface area contributed by atoms with Gasteiger partial charge in [-0.2, -0.15) is 0 Å². The van der Waals surface area contributed by atoms with Gasteiger partial charge in [0.2, 0.25) is 11.8 Å². The van der Waals surface area contributed by atoms with E-state index in [1.807, 2.05) is 97.9 Å². The minimum atomic E-state index is -0.916. The first-order chi connectivity index (χ1) is 15.1. The summed E-state index contributed by atoms with van der Waals surface area (Å²) in [7, 11) is 1.70. The number of benzene rings is 3. The largest absolute Gasteiger partial charge is 0.355 e. The lowest BCUT2D eigenvalue weighted by Crippen LogP contribution is -2.42. The molecular weight excluding hydrogens is 384 g/mol. The second-order valence-electron chi connectivity index (χ2n) is 7.45. The van der Waals surface area contributed by atoms with Crippen LogP contribution in [0.4, 0.5) is 5.69 Å². The fourth-order valence-electron chi connectivity index (χ4n) is 3.38. The van der Waals surface area contributed by atoms with Gasteiger partial charge in [0.1, 0.15) is 5.92 Å². The van der Waals surface area contributed by atoms with Crippen molar-refractivity contribution in [1.82, 2.24) is 5.32 Å². The Hall–Kier alpha value is -3.66. The van der Waals surface area contributed by atoms with Crippen molar-refractivity contribution in [2.45, 2.75) is 13.3 Å². The molecule has 2 amide bonds. The molecule has 0 aromatic heterocycles. The SMILES string of the molecule is C/C(=C\C(C(=O)NCCc1ccccc1)C(=O)N(C)c1ccccc1)c1ccccc1. The highest BCUT2D eigenvalue weighted by Gasteiger charge is 2.28. The molecule has 1 atom stereocenters. The van der Waals surface area contributed by atoms with Crippen LogP contribution in [-0.4, -0.2) is 25.4 Å². The summed E-state index contributed by atoms with van der Waals surface area (Å²) in [5.74, 6) is -1.47. The van der Waals surface area contributed by atoms with E-state index in [1.54, 1.807) is 13.1 Å². The van der Waals surface area contributed by atoms with Gasteiger partial charge in [-0.3, -0.25) is 9.59 Å². The zero-order valence-corrected chi connectivity index (χ0v) is 18.0. The number of allylic oxidation sites excluding steroid dienone is 1. The number of anilines is 1. The van der Waals surface area contributed by atoms with Crippen molar-refractivity contribution in [1.29, 1.82) is 0 Å². The van der Waals surface area contributed by atoms with Crippen molar-refractivity contribution >= 4 is 23.1 Å². The van der Waals surface area contributed by atoms with Gasteiger partial charge in [-0.25, -0.2) is 0 Å². The zero-order chi connectivity index (χ0) is 22.1. The zero-order valence-electron chi connectivity index (χ0n) is 18.0. The van der Waals surface area contributed by atoms with Gasteiger partial charge in [0.25, 0.3) is 0 Å². The number of para-hydroxylation sites is 1. The molecule has 31 heavy (non-hydrogen) atoms. The lowest BCUT2D eigenvalue weighted by atomic mass is 9.98. The Balaban J connectivity index is 1.79. The van der Waals surface area contributed by atoms with Crippen LogP contribution < -0.4 is 10.2 Å². The molecule has 0 fully saturated rings. The third-order valence-electron chi connectivity index (χ3n) is 5.22. The van der Waals surface area contributed by atoms with E-state index in [9.17, 15) is 9.59 Å². The number of nitrogens with zero attached hydrogens (tertiary/aromatic N) is 1.